The van der Waals surface area contributed by atoms with Gasteiger partial charge in [-0.2, -0.15) is 0 Å². The first-order valence-corrected chi connectivity index (χ1v) is 10.7. The van der Waals surface area contributed by atoms with E-state index in [9.17, 15) is 4.79 Å². The van der Waals surface area contributed by atoms with Crippen LogP contribution in [0.25, 0.3) is 0 Å². The Labute approximate surface area is 184 Å². The minimum absolute atomic E-state index is 0.160. The molecule has 29 heavy (non-hydrogen) atoms. The van der Waals surface area contributed by atoms with E-state index in [1.807, 2.05) is 36.4 Å². The Morgan fingerprint density at radius 1 is 0.966 bits per heavy atom. The van der Waals surface area contributed by atoms with Gasteiger partial charge >= 0.3 is 0 Å². The average Bonchev–Trinajstić information content (AvgIpc) is 2.75. The summed E-state index contributed by atoms with van der Waals surface area (Å²) in [6.45, 7) is 4.71. The number of aromatic nitrogens is 2. The van der Waals surface area contributed by atoms with Crippen LogP contribution in [0, 0.1) is 3.57 Å². The maximum atomic E-state index is 12.5. The van der Waals surface area contributed by atoms with Crippen molar-refractivity contribution in [3.05, 3.63) is 81.7 Å². The summed E-state index contributed by atoms with van der Waals surface area (Å²) in [5.41, 5.74) is 1.98. The molecule has 0 unspecified atom stereocenters. The van der Waals surface area contributed by atoms with Gasteiger partial charge in [0.1, 0.15) is 18.0 Å². The first-order chi connectivity index (χ1) is 14.2. The third kappa shape index (κ3) is 5.10. The zero-order chi connectivity index (χ0) is 20.1. The van der Waals surface area contributed by atoms with Gasteiger partial charge in [0.25, 0.3) is 5.91 Å². The van der Waals surface area contributed by atoms with Crippen LogP contribution in [0.4, 0.5) is 11.6 Å². The lowest BCUT2D eigenvalue weighted by molar-refractivity contribution is 0.102. The standard InChI is InChI=1S/C22H22IN5O/c23-19-9-5-4-8-18(19)22(29)26-20-14-21(25-16-24-20)28-12-10-27(11-13-28)15-17-6-2-1-3-7-17/h1-9,14,16H,10-13,15H2,(H,24,25,26,29). The molecule has 2 heterocycles. The number of piperazine rings is 1. The maximum absolute atomic E-state index is 12.5. The van der Waals surface area contributed by atoms with Crippen molar-refractivity contribution >= 4 is 40.1 Å². The number of hydrogen-bond donors (Lipinski definition) is 1. The van der Waals surface area contributed by atoms with Gasteiger partial charge in [0.05, 0.1) is 5.56 Å². The molecule has 1 aromatic heterocycles. The molecule has 1 aliphatic heterocycles. The van der Waals surface area contributed by atoms with Crippen LogP contribution < -0.4 is 10.2 Å². The fourth-order valence-electron chi connectivity index (χ4n) is 3.39. The van der Waals surface area contributed by atoms with Gasteiger partial charge in [-0.1, -0.05) is 42.5 Å². The molecular weight excluding hydrogens is 477 g/mol. The molecule has 0 bridgehead atoms. The van der Waals surface area contributed by atoms with Gasteiger partial charge in [0.15, 0.2) is 0 Å². The zero-order valence-electron chi connectivity index (χ0n) is 16.0. The molecule has 1 fully saturated rings. The van der Waals surface area contributed by atoms with Crippen LogP contribution in [-0.2, 0) is 6.54 Å². The summed E-state index contributed by atoms with van der Waals surface area (Å²) >= 11 is 2.16. The van der Waals surface area contributed by atoms with E-state index in [2.05, 4.69) is 71.9 Å². The topological polar surface area (TPSA) is 61.4 Å². The second-order valence-electron chi connectivity index (χ2n) is 6.94. The third-order valence-electron chi connectivity index (χ3n) is 4.96. The highest BCUT2D eigenvalue weighted by Crippen LogP contribution is 2.19. The largest absolute Gasteiger partial charge is 0.354 e. The molecule has 4 rings (SSSR count). The predicted octanol–water partition coefficient (Wildman–Crippen LogP) is 3.66. The Kier molecular flexibility index (Phi) is 6.36. The molecule has 0 aliphatic carbocycles. The molecule has 1 amide bonds. The summed E-state index contributed by atoms with van der Waals surface area (Å²) in [6.07, 6.45) is 1.51. The van der Waals surface area contributed by atoms with Crippen molar-refractivity contribution < 1.29 is 4.79 Å². The number of carbonyl (C=O) groups is 1. The van der Waals surface area contributed by atoms with Crippen molar-refractivity contribution in [1.82, 2.24) is 14.9 Å². The molecule has 148 valence electrons. The summed E-state index contributed by atoms with van der Waals surface area (Å²) in [5.74, 6) is 1.20. The molecule has 2 aromatic carbocycles. The van der Waals surface area contributed by atoms with Crippen molar-refractivity contribution in [3.8, 4) is 0 Å². The van der Waals surface area contributed by atoms with Crippen LogP contribution in [-0.4, -0.2) is 47.0 Å². The van der Waals surface area contributed by atoms with Gasteiger partial charge in [-0.3, -0.25) is 9.69 Å². The number of anilines is 2. The second kappa shape index (κ2) is 9.32. The van der Waals surface area contributed by atoms with Crippen LogP contribution in [0.3, 0.4) is 0 Å². The molecule has 0 saturated carbocycles. The van der Waals surface area contributed by atoms with E-state index in [1.165, 1.54) is 11.9 Å². The smallest absolute Gasteiger partial charge is 0.257 e. The van der Waals surface area contributed by atoms with Crippen molar-refractivity contribution in [3.63, 3.8) is 0 Å². The number of nitrogens with zero attached hydrogens (tertiary/aromatic N) is 4. The minimum Gasteiger partial charge on any atom is -0.354 e. The van der Waals surface area contributed by atoms with Gasteiger partial charge in [0.2, 0.25) is 0 Å². The molecule has 0 atom stereocenters. The fraction of sp³-hybridized carbons (Fsp3) is 0.227. The fourth-order valence-corrected chi connectivity index (χ4v) is 4.03. The molecule has 3 aromatic rings. The summed E-state index contributed by atoms with van der Waals surface area (Å²) in [5, 5.41) is 2.89. The first-order valence-electron chi connectivity index (χ1n) is 9.58. The number of halogens is 1. The van der Waals surface area contributed by atoms with Crippen molar-refractivity contribution in [2.45, 2.75) is 6.54 Å². The third-order valence-corrected chi connectivity index (χ3v) is 5.90. The highest BCUT2D eigenvalue weighted by atomic mass is 127. The van der Waals surface area contributed by atoms with E-state index in [0.29, 0.717) is 11.4 Å². The Balaban J connectivity index is 1.37. The van der Waals surface area contributed by atoms with E-state index in [4.69, 9.17) is 0 Å². The number of benzene rings is 2. The molecule has 6 nitrogen and oxygen atoms in total. The quantitative estimate of drug-likeness (QED) is 0.544. The number of rotatable bonds is 5. The van der Waals surface area contributed by atoms with Crippen molar-refractivity contribution in [2.24, 2.45) is 0 Å². The molecule has 7 heteroatoms. The van der Waals surface area contributed by atoms with E-state index >= 15 is 0 Å². The van der Waals surface area contributed by atoms with Gasteiger partial charge in [0, 0.05) is 42.4 Å². The monoisotopic (exact) mass is 499 g/mol. The van der Waals surface area contributed by atoms with Gasteiger partial charge in [-0.25, -0.2) is 9.97 Å². The van der Waals surface area contributed by atoms with Crippen LogP contribution >= 0.6 is 22.6 Å². The Bertz CT molecular complexity index is 974. The molecule has 1 saturated heterocycles. The van der Waals surface area contributed by atoms with E-state index in [1.54, 1.807) is 0 Å². The Morgan fingerprint density at radius 2 is 1.69 bits per heavy atom. The number of nitrogens with one attached hydrogen (secondary N) is 1. The molecule has 1 N–H and O–H groups in total. The first kappa shape index (κ1) is 19.8. The number of carbonyl (C=O) groups excluding carboxylic acids is 1. The molecule has 1 aliphatic rings. The number of hydrogen-bond acceptors (Lipinski definition) is 5. The molecular formula is C22H22IN5O. The lowest BCUT2D eigenvalue weighted by Gasteiger charge is -2.35. The molecule has 0 spiro atoms. The van der Waals surface area contributed by atoms with Crippen molar-refractivity contribution in [1.29, 1.82) is 0 Å². The maximum Gasteiger partial charge on any atom is 0.257 e. The van der Waals surface area contributed by atoms with Crippen LogP contribution in [0.1, 0.15) is 15.9 Å². The van der Waals surface area contributed by atoms with Gasteiger partial charge < -0.3 is 10.2 Å². The SMILES string of the molecule is O=C(Nc1cc(N2CCN(Cc3ccccc3)CC2)ncn1)c1ccccc1I. The predicted molar refractivity (Wildman–Crippen MR) is 123 cm³/mol. The van der Waals surface area contributed by atoms with E-state index in [0.717, 1.165) is 42.1 Å². The number of amides is 1. The summed E-state index contributed by atoms with van der Waals surface area (Å²) in [6, 6.07) is 19.9. The van der Waals surface area contributed by atoms with Crippen LogP contribution in [0.15, 0.2) is 67.0 Å². The highest BCUT2D eigenvalue weighted by molar-refractivity contribution is 14.1. The molecule has 0 radical (unpaired) electrons. The lowest BCUT2D eigenvalue weighted by atomic mass is 10.2. The van der Waals surface area contributed by atoms with E-state index < -0.39 is 0 Å². The summed E-state index contributed by atoms with van der Waals surface area (Å²) in [4.78, 5) is 25.9. The second-order valence-corrected chi connectivity index (χ2v) is 8.11. The lowest BCUT2D eigenvalue weighted by Crippen LogP contribution is -2.46. The Hall–Kier alpha value is -2.52. The summed E-state index contributed by atoms with van der Waals surface area (Å²) < 4.78 is 0.909. The van der Waals surface area contributed by atoms with E-state index in [-0.39, 0.29) is 5.91 Å². The minimum atomic E-state index is -0.160. The normalized spacial score (nSPS) is 14.6. The zero-order valence-corrected chi connectivity index (χ0v) is 18.1. The summed E-state index contributed by atoms with van der Waals surface area (Å²) in [7, 11) is 0. The van der Waals surface area contributed by atoms with Crippen molar-refractivity contribution in [2.75, 3.05) is 36.4 Å². The highest BCUT2D eigenvalue weighted by Gasteiger charge is 2.19. The van der Waals surface area contributed by atoms with Gasteiger partial charge in [-0.05, 0) is 40.3 Å². The average molecular weight is 499 g/mol. The Morgan fingerprint density at radius 3 is 2.45 bits per heavy atom. The van der Waals surface area contributed by atoms with Crippen LogP contribution in [0.5, 0.6) is 0 Å². The van der Waals surface area contributed by atoms with Crippen LogP contribution in [0.2, 0.25) is 0 Å². The van der Waals surface area contributed by atoms with Gasteiger partial charge in [-0.15, -0.1) is 0 Å².